The van der Waals surface area contributed by atoms with Crippen LogP contribution in [0.2, 0.25) is 0 Å². The lowest BCUT2D eigenvalue weighted by Crippen LogP contribution is -2.44. The number of piperidine rings is 1. The number of para-hydroxylation sites is 1. The lowest BCUT2D eigenvalue weighted by Gasteiger charge is -2.31. The van der Waals surface area contributed by atoms with E-state index < -0.39 is 10.0 Å². The molecule has 1 aliphatic heterocycles. The minimum Gasteiger partial charge on any atom is -0.326 e. The van der Waals surface area contributed by atoms with Crippen molar-refractivity contribution in [3.05, 3.63) is 65.2 Å². The van der Waals surface area contributed by atoms with E-state index in [1.165, 1.54) is 4.31 Å². The second kappa shape index (κ2) is 8.23. The fourth-order valence-electron chi connectivity index (χ4n) is 3.42. The normalized spacial score (nSPS) is 18.2. The Balaban J connectivity index is 1.69. The molecule has 27 heavy (non-hydrogen) atoms. The molecule has 0 aliphatic carbocycles. The first-order valence-electron chi connectivity index (χ1n) is 9.25. The molecule has 1 N–H and O–H groups in total. The van der Waals surface area contributed by atoms with E-state index in [1.807, 2.05) is 62.4 Å². The number of sulfonamides is 1. The molecular formula is C21H26N2O3S. The Hall–Kier alpha value is -2.18. The van der Waals surface area contributed by atoms with Crippen LogP contribution in [0.15, 0.2) is 48.5 Å². The number of nitrogens with zero attached hydrogens (tertiary/aromatic N) is 1. The molecule has 3 rings (SSSR count). The molecule has 0 saturated carbocycles. The SMILES string of the molecule is Cc1ccccc1CS(=O)(=O)N1CCC[C@H](C(=O)Nc2ccccc2C)C1. The van der Waals surface area contributed by atoms with Gasteiger partial charge in [-0.3, -0.25) is 4.79 Å². The number of aryl methyl sites for hydroxylation is 2. The summed E-state index contributed by atoms with van der Waals surface area (Å²) < 4.78 is 27.2. The van der Waals surface area contributed by atoms with Gasteiger partial charge in [0.2, 0.25) is 15.9 Å². The third-order valence-corrected chi connectivity index (χ3v) is 6.94. The highest BCUT2D eigenvalue weighted by Crippen LogP contribution is 2.24. The summed E-state index contributed by atoms with van der Waals surface area (Å²) in [4.78, 5) is 12.7. The summed E-state index contributed by atoms with van der Waals surface area (Å²) in [7, 11) is -3.45. The highest BCUT2D eigenvalue weighted by molar-refractivity contribution is 7.88. The van der Waals surface area contributed by atoms with Gasteiger partial charge in [0.25, 0.3) is 0 Å². The molecule has 0 unspecified atom stereocenters. The summed E-state index contributed by atoms with van der Waals surface area (Å²) in [6.07, 6.45) is 1.40. The van der Waals surface area contributed by atoms with E-state index in [-0.39, 0.29) is 24.1 Å². The van der Waals surface area contributed by atoms with E-state index in [4.69, 9.17) is 0 Å². The summed E-state index contributed by atoms with van der Waals surface area (Å²) >= 11 is 0. The topological polar surface area (TPSA) is 66.5 Å². The molecule has 0 radical (unpaired) electrons. The third-order valence-electron chi connectivity index (χ3n) is 5.15. The minimum atomic E-state index is -3.45. The Morgan fingerprint density at radius 3 is 2.44 bits per heavy atom. The van der Waals surface area contributed by atoms with Crippen molar-refractivity contribution in [2.45, 2.75) is 32.4 Å². The Kier molecular flexibility index (Phi) is 5.97. The van der Waals surface area contributed by atoms with E-state index in [0.29, 0.717) is 19.4 Å². The standard InChI is InChI=1S/C21H26N2O3S/c1-16-8-3-5-10-19(16)15-27(25,26)23-13-7-11-18(14-23)21(24)22-20-12-6-4-9-17(20)2/h3-6,8-10,12,18H,7,11,13-15H2,1-2H3,(H,22,24)/t18-/m0/s1. The van der Waals surface area contributed by atoms with Gasteiger partial charge in [0.1, 0.15) is 0 Å². The lowest BCUT2D eigenvalue weighted by atomic mass is 9.98. The number of benzene rings is 2. The van der Waals surface area contributed by atoms with E-state index >= 15 is 0 Å². The zero-order valence-corrected chi connectivity index (χ0v) is 16.6. The van der Waals surface area contributed by atoms with Gasteiger partial charge < -0.3 is 5.32 Å². The molecule has 144 valence electrons. The fourth-order valence-corrected chi connectivity index (χ4v) is 5.13. The van der Waals surface area contributed by atoms with Gasteiger partial charge in [-0.1, -0.05) is 42.5 Å². The Bertz CT molecular complexity index is 925. The summed E-state index contributed by atoms with van der Waals surface area (Å²) in [6, 6.07) is 15.1. The summed E-state index contributed by atoms with van der Waals surface area (Å²) in [5, 5.41) is 2.95. The van der Waals surface area contributed by atoms with Gasteiger partial charge in [0, 0.05) is 18.8 Å². The molecule has 0 aromatic heterocycles. The summed E-state index contributed by atoms with van der Waals surface area (Å²) in [6.45, 7) is 4.57. The molecule has 1 fully saturated rings. The van der Waals surface area contributed by atoms with E-state index in [2.05, 4.69) is 5.32 Å². The molecule has 2 aromatic rings. The maximum absolute atomic E-state index is 12.9. The van der Waals surface area contributed by atoms with Gasteiger partial charge >= 0.3 is 0 Å². The van der Waals surface area contributed by atoms with Gasteiger partial charge in [-0.05, 0) is 49.4 Å². The number of anilines is 1. The molecule has 5 nitrogen and oxygen atoms in total. The van der Waals surface area contributed by atoms with Crippen LogP contribution in [-0.4, -0.2) is 31.7 Å². The van der Waals surface area contributed by atoms with Crippen LogP contribution in [0.1, 0.15) is 29.5 Å². The number of hydrogen-bond acceptors (Lipinski definition) is 3. The summed E-state index contributed by atoms with van der Waals surface area (Å²) in [5.74, 6) is -0.462. The van der Waals surface area contributed by atoms with Gasteiger partial charge in [0.05, 0.1) is 11.7 Å². The van der Waals surface area contributed by atoms with Crippen molar-refractivity contribution in [1.29, 1.82) is 0 Å². The van der Waals surface area contributed by atoms with Crippen LogP contribution in [0.5, 0.6) is 0 Å². The van der Waals surface area contributed by atoms with Crippen molar-refractivity contribution >= 4 is 21.6 Å². The molecule has 1 heterocycles. The Morgan fingerprint density at radius 2 is 1.74 bits per heavy atom. The molecule has 1 aliphatic rings. The molecule has 1 saturated heterocycles. The molecule has 1 atom stereocenters. The van der Waals surface area contributed by atoms with E-state index in [9.17, 15) is 13.2 Å². The third kappa shape index (κ3) is 4.76. The van der Waals surface area contributed by atoms with Gasteiger partial charge in [0.15, 0.2) is 0 Å². The van der Waals surface area contributed by atoms with Crippen LogP contribution in [0.3, 0.4) is 0 Å². The smallest absolute Gasteiger partial charge is 0.228 e. The van der Waals surface area contributed by atoms with Crippen LogP contribution >= 0.6 is 0 Å². The lowest BCUT2D eigenvalue weighted by molar-refractivity contribution is -0.120. The maximum atomic E-state index is 12.9. The zero-order valence-electron chi connectivity index (χ0n) is 15.8. The molecular weight excluding hydrogens is 360 g/mol. The van der Waals surface area contributed by atoms with Crippen molar-refractivity contribution in [2.24, 2.45) is 5.92 Å². The predicted molar refractivity (Wildman–Crippen MR) is 108 cm³/mol. The van der Waals surface area contributed by atoms with Gasteiger partial charge in [-0.2, -0.15) is 0 Å². The van der Waals surface area contributed by atoms with Crippen LogP contribution in [0.4, 0.5) is 5.69 Å². The van der Waals surface area contributed by atoms with Crippen molar-refractivity contribution in [1.82, 2.24) is 4.31 Å². The average molecular weight is 387 g/mol. The van der Waals surface area contributed by atoms with E-state index in [1.54, 1.807) is 0 Å². The zero-order chi connectivity index (χ0) is 19.4. The van der Waals surface area contributed by atoms with Crippen molar-refractivity contribution in [2.75, 3.05) is 18.4 Å². The molecule has 2 aromatic carbocycles. The molecule has 0 bridgehead atoms. The average Bonchev–Trinajstić information content (AvgIpc) is 2.65. The number of amides is 1. The highest BCUT2D eigenvalue weighted by Gasteiger charge is 2.32. The fraction of sp³-hybridized carbons (Fsp3) is 0.381. The number of carbonyl (C=O) groups excluding carboxylic acids is 1. The Morgan fingerprint density at radius 1 is 1.07 bits per heavy atom. The minimum absolute atomic E-state index is 0.0220. The largest absolute Gasteiger partial charge is 0.326 e. The second-order valence-electron chi connectivity index (χ2n) is 7.18. The van der Waals surface area contributed by atoms with Crippen molar-refractivity contribution in [3.8, 4) is 0 Å². The Labute approximate surface area is 161 Å². The molecule has 6 heteroatoms. The van der Waals surface area contributed by atoms with Gasteiger partial charge in [-0.25, -0.2) is 12.7 Å². The van der Waals surface area contributed by atoms with Crippen LogP contribution in [-0.2, 0) is 20.6 Å². The quantitative estimate of drug-likeness (QED) is 0.855. The van der Waals surface area contributed by atoms with Crippen LogP contribution in [0.25, 0.3) is 0 Å². The summed E-state index contributed by atoms with van der Waals surface area (Å²) in [5.41, 5.74) is 3.55. The van der Waals surface area contributed by atoms with Crippen molar-refractivity contribution in [3.63, 3.8) is 0 Å². The van der Waals surface area contributed by atoms with Crippen molar-refractivity contribution < 1.29 is 13.2 Å². The van der Waals surface area contributed by atoms with Crippen LogP contribution in [0, 0.1) is 19.8 Å². The van der Waals surface area contributed by atoms with Gasteiger partial charge in [-0.15, -0.1) is 0 Å². The number of rotatable bonds is 5. The predicted octanol–water partition coefficient (Wildman–Crippen LogP) is 3.48. The monoisotopic (exact) mass is 386 g/mol. The number of nitrogens with one attached hydrogen (secondary N) is 1. The number of hydrogen-bond donors (Lipinski definition) is 1. The number of carbonyl (C=O) groups is 1. The highest BCUT2D eigenvalue weighted by atomic mass is 32.2. The first-order chi connectivity index (χ1) is 12.9. The maximum Gasteiger partial charge on any atom is 0.228 e. The van der Waals surface area contributed by atoms with Crippen LogP contribution < -0.4 is 5.32 Å². The first kappa shape index (κ1) is 19.6. The second-order valence-corrected chi connectivity index (χ2v) is 9.15. The molecule has 1 amide bonds. The molecule has 0 spiro atoms. The van der Waals surface area contributed by atoms with E-state index in [0.717, 1.165) is 22.4 Å². The first-order valence-corrected chi connectivity index (χ1v) is 10.9.